The first-order chi connectivity index (χ1) is 18.5. The molecule has 0 radical (unpaired) electrons. The Labute approximate surface area is 233 Å². The highest BCUT2D eigenvalue weighted by atomic mass is 35.5. The van der Waals surface area contributed by atoms with E-state index in [1.807, 2.05) is 60.7 Å². The Morgan fingerprint density at radius 2 is 1.50 bits per heavy atom. The van der Waals surface area contributed by atoms with Gasteiger partial charge in [-0.15, -0.1) is 0 Å². The quantitative estimate of drug-likeness (QED) is 0.246. The molecule has 1 N–H and O–H groups in total. The van der Waals surface area contributed by atoms with Crippen molar-refractivity contribution in [1.82, 2.24) is 5.01 Å². The fourth-order valence-corrected chi connectivity index (χ4v) is 4.95. The number of thioether (sulfide) groups is 1. The van der Waals surface area contributed by atoms with Crippen LogP contribution in [-0.2, 0) is 4.79 Å². The third-order valence-corrected chi connectivity index (χ3v) is 6.72. The number of aliphatic imine (C=N–C) groups is 1. The van der Waals surface area contributed by atoms with Crippen molar-refractivity contribution in [2.24, 2.45) is 10.1 Å². The molecule has 0 spiro atoms. The molecule has 0 bridgehead atoms. The molecule has 8 nitrogen and oxygen atoms in total. The van der Waals surface area contributed by atoms with E-state index in [0.29, 0.717) is 33.9 Å². The van der Waals surface area contributed by atoms with E-state index in [1.54, 1.807) is 12.1 Å². The highest BCUT2D eigenvalue weighted by Gasteiger charge is 2.35. The second-order valence-corrected chi connectivity index (χ2v) is 9.79. The molecule has 2 aliphatic rings. The maximum atomic E-state index is 12.7. The van der Waals surface area contributed by atoms with Crippen molar-refractivity contribution in [3.05, 3.63) is 94.0 Å². The number of amides is 1. The zero-order chi connectivity index (χ0) is 26.5. The third kappa shape index (κ3) is 6.02. The first kappa shape index (κ1) is 25.8. The summed E-state index contributed by atoms with van der Waals surface area (Å²) in [6, 6.07) is 21.9. The zero-order valence-corrected chi connectivity index (χ0v) is 22.1. The van der Waals surface area contributed by atoms with Crippen LogP contribution in [0.2, 0.25) is 10.0 Å². The van der Waals surface area contributed by atoms with Crippen molar-refractivity contribution in [2.75, 3.05) is 19.8 Å². The number of rotatable bonds is 9. The predicted octanol–water partition coefficient (Wildman–Crippen LogP) is 6.15. The summed E-state index contributed by atoms with van der Waals surface area (Å²) in [5, 5.41) is 15.7. The molecular weight excluding hydrogens is 547 g/mol. The molecule has 0 fully saturated rings. The van der Waals surface area contributed by atoms with Gasteiger partial charge in [-0.25, -0.2) is 0 Å². The van der Waals surface area contributed by atoms with E-state index in [-0.39, 0.29) is 34.7 Å². The summed E-state index contributed by atoms with van der Waals surface area (Å²) in [5.74, 6) is 1.07. The summed E-state index contributed by atoms with van der Waals surface area (Å²) in [6.07, 6.45) is 1.50. The van der Waals surface area contributed by atoms with Gasteiger partial charge in [-0.05, 0) is 59.8 Å². The summed E-state index contributed by atoms with van der Waals surface area (Å²) >= 11 is 14.0. The molecule has 0 saturated carbocycles. The number of hydrogen-bond donors (Lipinski definition) is 1. The lowest BCUT2D eigenvalue weighted by atomic mass is 10.1. The Morgan fingerprint density at radius 3 is 2.16 bits per heavy atom. The van der Waals surface area contributed by atoms with Gasteiger partial charge in [0.15, 0.2) is 11.6 Å². The van der Waals surface area contributed by atoms with Gasteiger partial charge in [-0.2, -0.15) is 15.1 Å². The first-order valence-corrected chi connectivity index (χ1v) is 13.0. The van der Waals surface area contributed by atoms with E-state index < -0.39 is 5.91 Å². The van der Waals surface area contributed by atoms with Gasteiger partial charge < -0.3 is 14.2 Å². The van der Waals surface area contributed by atoms with E-state index in [1.165, 1.54) is 22.8 Å². The van der Waals surface area contributed by atoms with E-state index in [9.17, 15) is 4.79 Å². The predicted molar refractivity (Wildman–Crippen MR) is 151 cm³/mol. The summed E-state index contributed by atoms with van der Waals surface area (Å²) in [4.78, 5) is 16.8. The van der Waals surface area contributed by atoms with E-state index in [2.05, 4.69) is 10.1 Å². The third-order valence-electron chi connectivity index (χ3n) is 5.28. The Morgan fingerprint density at radius 1 is 0.895 bits per heavy atom. The van der Waals surface area contributed by atoms with Crippen molar-refractivity contribution < 1.29 is 19.0 Å². The summed E-state index contributed by atoms with van der Waals surface area (Å²) in [5.41, 5.74) is 0.573. The van der Waals surface area contributed by atoms with Crippen LogP contribution < -0.4 is 14.2 Å². The minimum atomic E-state index is -0.556. The molecule has 0 saturated heterocycles. The van der Waals surface area contributed by atoms with E-state index >= 15 is 0 Å². The zero-order valence-electron chi connectivity index (χ0n) is 19.8. The molecule has 3 aromatic rings. The molecule has 2 aliphatic heterocycles. The van der Waals surface area contributed by atoms with Crippen LogP contribution in [0.4, 0.5) is 0 Å². The van der Waals surface area contributed by atoms with Crippen LogP contribution in [0.15, 0.2) is 88.5 Å². The maximum Gasteiger partial charge on any atom is 0.283 e. The van der Waals surface area contributed by atoms with Crippen molar-refractivity contribution in [3.8, 4) is 17.2 Å². The van der Waals surface area contributed by atoms with Gasteiger partial charge in [0.05, 0.1) is 15.6 Å². The number of nitrogens with zero attached hydrogens (tertiary/aromatic N) is 3. The van der Waals surface area contributed by atoms with Gasteiger partial charge in [0, 0.05) is 0 Å². The number of hydrogen-bond acceptors (Lipinski definition) is 7. The molecular formula is C27H20Cl2N4O4S. The number of nitrogens with one attached hydrogen (secondary N) is 1. The highest BCUT2D eigenvalue weighted by Crippen LogP contribution is 2.36. The number of halogens is 2. The Kier molecular flexibility index (Phi) is 7.97. The van der Waals surface area contributed by atoms with Crippen molar-refractivity contribution in [1.29, 1.82) is 5.41 Å². The molecule has 192 valence electrons. The van der Waals surface area contributed by atoms with Crippen LogP contribution in [0.5, 0.6) is 17.2 Å². The minimum Gasteiger partial charge on any atom is -0.490 e. The fourth-order valence-electron chi connectivity index (χ4n) is 3.54. The van der Waals surface area contributed by atoms with Crippen LogP contribution in [0.25, 0.3) is 6.08 Å². The largest absolute Gasteiger partial charge is 0.490 e. The molecule has 0 aromatic heterocycles. The Bertz CT molecular complexity index is 1440. The number of benzene rings is 3. The molecule has 0 aliphatic carbocycles. The Balaban J connectivity index is 1.25. The van der Waals surface area contributed by atoms with Crippen LogP contribution >= 0.6 is 35.0 Å². The number of carbonyl (C=O) groups excluding carboxylic acids is 1. The summed E-state index contributed by atoms with van der Waals surface area (Å²) < 4.78 is 17.1. The maximum absolute atomic E-state index is 12.7. The van der Waals surface area contributed by atoms with Crippen molar-refractivity contribution >= 4 is 63.0 Å². The van der Waals surface area contributed by atoms with Crippen LogP contribution in [-0.4, -0.2) is 46.8 Å². The van der Waals surface area contributed by atoms with Gasteiger partial charge in [0.25, 0.3) is 5.91 Å². The standard InChI is InChI=1S/C27H20Cl2N4O4S/c28-21-14-17(15-22(29)24(21)36-12-11-35-18-7-3-1-4-8-18)13-20-25(30)33-27(31-26(20)34)38-23(32-33)16-37-19-9-5-2-6-10-19/h1-10,13-15,30H,11-12,16H2/b20-13-,30-25?. The second kappa shape index (κ2) is 11.7. The molecule has 0 atom stereocenters. The molecule has 2 heterocycles. The fraction of sp³-hybridized carbons (Fsp3) is 0.111. The average molecular weight is 567 g/mol. The highest BCUT2D eigenvalue weighted by molar-refractivity contribution is 8.27. The second-order valence-electron chi connectivity index (χ2n) is 7.94. The molecule has 38 heavy (non-hydrogen) atoms. The topological polar surface area (TPSA) is 96.6 Å². The van der Waals surface area contributed by atoms with Gasteiger partial charge in [0.1, 0.15) is 36.4 Å². The number of amidine groups is 2. The number of hydrazone groups is 1. The van der Waals surface area contributed by atoms with E-state index in [0.717, 1.165) is 5.75 Å². The lowest BCUT2D eigenvalue weighted by molar-refractivity contribution is -0.114. The first-order valence-electron chi connectivity index (χ1n) is 11.4. The Hall–Kier alpha value is -3.79. The van der Waals surface area contributed by atoms with E-state index in [4.69, 9.17) is 42.8 Å². The summed E-state index contributed by atoms with van der Waals surface area (Å²) in [7, 11) is 0. The van der Waals surface area contributed by atoms with Crippen molar-refractivity contribution in [2.45, 2.75) is 0 Å². The van der Waals surface area contributed by atoms with Gasteiger partial charge in [0.2, 0.25) is 5.17 Å². The normalized spacial score (nSPS) is 15.7. The van der Waals surface area contributed by atoms with Crippen LogP contribution in [0, 0.1) is 5.41 Å². The lowest BCUT2D eigenvalue weighted by Crippen LogP contribution is -2.35. The molecule has 11 heteroatoms. The molecule has 5 rings (SSSR count). The number of fused-ring (bicyclic) bond motifs is 1. The van der Waals surface area contributed by atoms with Crippen LogP contribution in [0.1, 0.15) is 5.56 Å². The number of ether oxygens (including phenoxy) is 3. The lowest BCUT2D eigenvalue weighted by Gasteiger charge is -2.20. The average Bonchev–Trinajstić information content (AvgIpc) is 3.33. The molecule has 3 aromatic carbocycles. The molecule has 1 amide bonds. The van der Waals surface area contributed by atoms with Gasteiger partial charge >= 0.3 is 0 Å². The van der Waals surface area contributed by atoms with Crippen molar-refractivity contribution in [3.63, 3.8) is 0 Å². The molecule has 0 unspecified atom stereocenters. The SMILES string of the molecule is N=C1/C(=C/c2cc(Cl)c(OCCOc3ccccc3)c(Cl)c2)C(=O)N=C2SC(COc3ccccc3)=NN12. The van der Waals surface area contributed by atoms with Gasteiger partial charge in [-0.1, -0.05) is 59.6 Å². The van der Waals surface area contributed by atoms with Crippen LogP contribution in [0.3, 0.4) is 0 Å². The number of para-hydroxylation sites is 2. The summed E-state index contributed by atoms with van der Waals surface area (Å²) in [6.45, 7) is 0.728. The smallest absolute Gasteiger partial charge is 0.283 e. The van der Waals surface area contributed by atoms with Gasteiger partial charge in [-0.3, -0.25) is 10.2 Å². The monoisotopic (exact) mass is 566 g/mol. The minimum absolute atomic E-state index is 0.0559. The number of carbonyl (C=O) groups is 1.